The summed E-state index contributed by atoms with van der Waals surface area (Å²) < 4.78 is 1.84. The number of carbonyl (C=O) groups is 2. The van der Waals surface area contributed by atoms with Crippen LogP contribution in [-0.4, -0.2) is 40.9 Å². The fourth-order valence-electron chi connectivity index (χ4n) is 3.88. The zero-order valence-electron chi connectivity index (χ0n) is 15.3. The number of benzene rings is 1. The predicted octanol–water partition coefficient (Wildman–Crippen LogP) is 3.05. The van der Waals surface area contributed by atoms with Gasteiger partial charge in [-0.25, -0.2) is 0 Å². The predicted molar refractivity (Wildman–Crippen MR) is 102 cm³/mol. The fourth-order valence-corrected chi connectivity index (χ4v) is 3.88. The van der Waals surface area contributed by atoms with Gasteiger partial charge in [-0.15, -0.1) is 0 Å². The van der Waals surface area contributed by atoms with Crippen molar-refractivity contribution in [3.8, 4) is 0 Å². The number of anilines is 3. The fraction of sp³-hybridized carbons (Fsp3) is 0.400. The van der Waals surface area contributed by atoms with Crippen LogP contribution in [0.25, 0.3) is 0 Å². The number of aromatic nitrogens is 1. The second-order valence-corrected chi connectivity index (χ2v) is 7.12. The molecule has 2 aromatic rings. The largest absolute Gasteiger partial charge is 0.342 e. The Kier molecular flexibility index (Phi) is 4.28. The van der Waals surface area contributed by atoms with Gasteiger partial charge in [0, 0.05) is 12.7 Å². The molecule has 4 rings (SSSR count). The Balaban J connectivity index is 1.79. The number of nitrogens with one attached hydrogen (secondary N) is 1. The molecule has 26 heavy (non-hydrogen) atoms. The number of likely N-dealkylation sites (tertiary alicyclic amines) is 1. The van der Waals surface area contributed by atoms with Crippen molar-refractivity contribution in [2.45, 2.75) is 26.2 Å². The summed E-state index contributed by atoms with van der Waals surface area (Å²) in [6, 6.07) is 9.42. The van der Waals surface area contributed by atoms with Gasteiger partial charge in [0.15, 0.2) is 0 Å². The summed E-state index contributed by atoms with van der Waals surface area (Å²) in [5.41, 5.74) is 3.52. The van der Waals surface area contributed by atoms with E-state index in [0.29, 0.717) is 23.6 Å². The third-order valence-corrected chi connectivity index (χ3v) is 5.36. The molecule has 0 unspecified atom stereocenters. The Labute approximate surface area is 153 Å². The summed E-state index contributed by atoms with van der Waals surface area (Å²) in [7, 11) is 1.86. The highest BCUT2D eigenvalue weighted by molar-refractivity contribution is 6.17. The summed E-state index contributed by atoms with van der Waals surface area (Å²) in [5.74, 6) is -0.181. The molecule has 3 heterocycles. The van der Waals surface area contributed by atoms with Gasteiger partial charge in [-0.1, -0.05) is 18.6 Å². The molecule has 0 radical (unpaired) electrons. The molecule has 2 amide bonds. The van der Waals surface area contributed by atoms with E-state index in [-0.39, 0.29) is 11.8 Å². The van der Waals surface area contributed by atoms with Crippen molar-refractivity contribution in [3.05, 3.63) is 41.7 Å². The molecule has 0 bridgehead atoms. The first-order chi connectivity index (χ1) is 12.6. The maximum atomic E-state index is 13.3. The molecule has 0 aliphatic carbocycles. The van der Waals surface area contributed by atoms with Gasteiger partial charge < -0.3 is 9.88 Å². The molecule has 6 heteroatoms. The zero-order chi connectivity index (χ0) is 18.3. The second kappa shape index (κ2) is 6.61. The molecule has 2 aliphatic rings. The van der Waals surface area contributed by atoms with Crippen molar-refractivity contribution in [2.75, 3.05) is 29.9 Å². The highest BCUT2D eigenvalue weighted by Gasteiger charge is 2.32. The first kappa shape index (κ1) is 16.8. The van der Waals surface area contributed by atoms with E-state index < -0.39 is 0 Å². The molecule has 0 saturated carbocycles. The molecule has 6 nitrogen and oxygen atoms in total. The lowest BCUT2D eigenvalue weighted by atomic mass is 10.1. The lowest BCUT2D eigenvalue weighted by Gasteiger charge is -2.29. The highest BCUT2D eigenvalue weighted by atomic mass is 16.2. The molecule has 1 aromatic heterocycles. The first-order valence-electron chi connectivity index (χ1n) is 9.18. The molecule has 1 N–H and O–H groups in total. The Morgan fingerprint density at radius 1 is 1.12 bits per heavy atom. The monoisotopic (exact) mass is 352 g/mol. The van der Waals surface area contributed by atoms with Gasteiger partial charge in [-0.05, 0) is 51.1 Å². The minimum absolute atomic E-state index is 0.00250. The van der Waals surface area contributed by atoms with E-state index in [1.807, 2.05) is 48.9 Å². The lowest BCUT2D eigenvalue weighted by molar-refractivity contribution is -0.119. The van der Waals surface area contributed by atoms with Gasteiger partial charge in [0.1, 0.15) is 5.69 Å². The summed E-state index contributed by atoms with van der Waals surface area (Å²) in [4.78, 5) is 30.0. The first-order valence-corrected chi connectivity index (χ1v) is 9.18. The molecular weight excluding hydrogens is 328 g/mol. The van der Waals surface area contributed by atoms with Gasteiger partial charge in [0.05, 0.1) is 23.6 Å². The SMILES string of the molecule is Cc1cc2c(n1C)C(=O)Nc1ccccc1N2C(=O)CN1CCCCC1. The van der Waals surface area contributed by atoms with Crippen LogP contribution in [0.4, 0.5) is 17.1 Å². The maximum absolute atomic E-state index is 13.3. The van der Waals surface area contributed by atoms with Crippen LogP contribution in [0.15, 0.2) is 30.3 Å². The molecule has 2 aliphatic heterocycles. The molecule has 1 aromatic carbocycles. The van der Waals surface area contributed by atoms with E-state index in [1.54, 1.807) is 4.90 Å². The van der Waals surface area contributed by atoms with Crippen LogP contribution in [-0.2, 0) is 11.8 Å². The number of fused-ring (bicyclic) bond motifs is 2. The maximum Gasteiger partial charge on any atom is 0.274 e. The molecule has 0 spiro atoms. The molecule has 1 fully saturated rings. The van der Waals surface area contributed by atoms with Gasteiger partial charge in [0.2, 0.25) is 5.91 Å². The van der Waals surface area contributed by atoms with Gasteiger partial charge in [-0.3, -0.25) is 19.4 Å². The van der Waals surface area contributed by atoms with Crippen LogP contribution >= 0.6 is 0 Å². The van der Waals surface area contributed by atoms with E-state index >= 15 is 0 Å². The summed E-state index contributed by atoms with van der Waals surface area (Å²) >= 11 is 0. The van der Waals surface area contributed by atoms with Crippen molar-refractivity contribution in [1.82, 2.24) is 9.47 Å². The van der Waals surface area contributed by atoms with Gasteiger partial charge in [0.25, 0.3) is 5.91 Å². The quantitative estimate of drug-likeness (QED) is 0.904. The number of hydrogen-bond acceptors (Lipinski definition) is 3. The number of carbonyl (C=O) groups excluding carboxylic acids is 2. The lowest BCUT2D eigenvalue weighted by Crippen LogP contribution is -2.40. The van der Waals surface area contributed by atoms with E-state index in [0.717, 1.165) is 37.3 Å². The molecular formula is C20H24N4O2. The smallest absolute Gasteiger partial charge is 0.274 e. The van der Waals surface area contributed by atoms with Crippen LogP contribution in [0.2, 0.25) is 0 Å². The average molecular weight is 352 g/mol. The third-order valence-electron chi connectivity index (χ3n) is 5.36. The topological polar surface area (TPSA) is 57.6 Å². The van der Waals surface area contributed by atoms with Crippen LogP contribution in [0.1, 0.15) is 35.4 Å². The highest BCUT2D eigenvalue weighted by Crippen LogP contribution is 2.39. The van der Waals surface area contributed by atoms with Crippen molar-refractivity contribution in [3.63, 3.8) is 0 Å². The number of para-hydroxylation sites is 2. The zero-order valence-corrected chi connectivity index (χ0v) is 15.3. The van der Waals surface area contributed by atoms with Crippen LogP contribution in [0.3, 0.4) is 0 Å². The van der Waals surface area contributed by atoms with Crippen LogP contribution in [0.5, 0.6) is 0 Å². The van der Waals surface area contributed by atoms with Crippen molar-refractivity contribution >= 4 is 28.9 Å². The Morgan fingerprint density at radius 2 is 1.85 bits per heavy atom. The number of rotatable bonds is 2. The molecule has 0 atom stereocenters. The van der Waals surface area contributed by atoms with E-state index in [1.165, 1.54) is 6.42 Å². The Bertz CT molecular complexity index is 865. The van der Waals surface area contributed by atoms with Crippen molar-refractivity contribution in [2.24, 2.45) is 7.05 Å². The summed E-state index contributed by atoms with van der Waals surface area (Å²) in [6.07, 6.45) is 3.51. The minimum atomic E-state index is -0.184. The third kappa shape index (κ3) is 2.80. The van der Waals surface area contributed by atoms with E-state index in [9.17, 15) is 9.59 Å². The molecule has 136 valence electrons. The van der Waals surface area contributed by atoms with E-state index in [4.69, 9.17) is 0 Å². The van der Waals surface area contributed by atoms with E-state index in [2.05, 4.69) is 10.2 Å². The number of amides is 2. The van der Waals surface area contributed by atoms with Crippen molar-refractivity contribution < 1.29 is 9.59 Å². The second-order valence-electron chi connectivity index (χ2n) is 7.12. The molecule has 1 saturated heterocycles. The van der Waals surface area contributed by atoms with Gasteiger partial charge >= 0.3 is 0 Å². The number of piperidine rings is 1. The average Bonchev–Trinajstić information content (AvgIpc) is 2.85. The Morgan fingerprint density at radius 3 is 2.62 bits per heavy atom. The number of aryl methyl sites for hydroxylation is 1. The van der Waals surface area contributed by atoms with Crippen LogP contribution in [0, 0.1) is 6.92 Å². The number of nitrogens with zero attached hydrogens (tertiary/aromatic N) is 3. The van der Waals surface area contributed by atoms with Crippen LogP contribution < -0.4 is 10.2 Å². The van der Waals surface area contributed by atoms with Gasteiger partial charge in [-0.2, -0.15) is 0 Å². The normalized spacial score (nSPS) is 17.3. The standard InChI is InChI=1S/C20H24N4O2/c1-14-12-17-19(22(14)2)20(26)21-15-8-4-5-9-16(15)24(17)18(25)13-23-10-6-3-7-11-23/h4-5,8-9,12H,3,6-7,10-11,13H2,1-2H3,(H,21,26). The summed E-state index contributed by atoms with van der Waals surface area (Å²) in [5, 5.41) is 2.95. The summed E-state index contributed by atoms with van der Waals surface area (Å²) in [6.45, 7) is 4.23. The Hall–Kier alpha value is -2.60. The minimum Gasteiger partial charge on any atom is -0.342 e. The van der Waals surface area contributed by atoms with Crippen molar-refractivity contribution in [1.29, 1.82) is 0 Å². The number of hydrogen-bond donors (Lipinski definition) is 1.